The topological polar surface area (TPSA) is 101 Å². The Morgan fingerprint density at radius 2 is 2.06 bits per heavy atom. The van der Waals surface area contributed by atoms with Crippen molar-refractivity contribution in [3.05, 3.63) is 28.3 Å². The average molecular weight is 271 g/mol. The minimum absolute atomic E-state index is 0.00472. The molecule has 0 spiro atoms. The first-order valence-electron chi connectivity index (χ1n) is 5.42. The van der Waals surface area contributed by atoms with E-state index in [9.17, 15) is 18.5 Å². The smallest absolute Gasteiger partial charge is 0.271 e. The predicted molar refractivity (Wildman–Crippen MR) is 66.0 cm³/mol. The van der Waals surface area contributed by atoms with E-state index in [2.05, 4.69) is 10.0 Å². The zero-order valence-electron chi connectivity index (χ0n) is 9.71. The van der Waals surface area contributed by atoms with Crippen LogP contribution in [0, 0.1) is 10.1 Å². The Kier molecular flexibility index (Phi) is 3.22. The van der Waals surface area contributed by atoms with Gasteiger partial charge in [-0.25, -0.2) is 13.1 Å². The third-order valence-corrected chi connectivity index (χ3v) is 4.21. The summed E-state index contributed by atoms with van der Waals surface area (Å²) in [4.78, 5) is 10.1. The van der Waals surface area contributed by atoms with Gasteiger partial charge in [0.2, 0.25) is 10.0 Å². The van der Waals surface area contributed by atoms with Gasteiger partial charge in [0.15, 0.2) is 0 Å². The van der Waals surface area contributed by atoms with Crippen molar-refractivity contribution in [3.8, 4) is 0 Å². The summed E-state index contributed by atoms with van der Waals surface area (Å²) in [6.07, 6.45) is 1.67. The minimum atomic E-state index is -3.62. The van der Waals surface area contributed by atoms with Crippen LogP contribution in [0.25, 0.3) is 0 Å². The number of nitro benzene ring substituents is 1. The zero-order chi connectivity index (χ0) is 13.3. The Bertz CT molecular complexity index is 581. The van der Waals surface area contributed by atoms with Gasteiger partial charge in [0.25, 0.3) is 5.69 Å². The maximum absolute atomic E-state index is 12.0. The standard InChI is InChI=1S/C10H13N3O4S/c1-11-9-6-8(13(14)15)4-5-10(9)18(16,17)12-7-2-3-7/h4-7,11-12H,2-3H2,1H3. The van der Waals surface area contributed by atoms with Crippen LogP contribution in [0.15, 0.2) is 23.1 Å². The van der Waals surface area contributed by atoms with Gasteiger partial charge in [0.05, 0.1) is 10.6 Å². The van der Waals surface area contributed by atoms with E-state index in [4.69, 9.17) is 0 Å². The number of sulfonamides is 1. The van der Waals surface area contributed by atoms with E-state index in [0.717, 1.165) is 12.8 Å². The Morgan fingerprint density at radius 3 is 2.56 bits per heavy atom. The highest BCUT2D eigenvalue weighted by atomic mass is 32.2. The molecule has 1 fully saturated rings. The first-order chi connectivity index (χ1) is 8.44. The Balaban J connectivity index is 2.40. The van der Waals surface area contributed by atoms with Crippen molar-refractivity contribution in [1.29, 1.82) is 0 Å². The van der Waals surface area contributed by atoms with E-state index in [-0.39, 0.29) is 22.3 Å². The van der Waals surface area contributed by atoms with Crippen molar-refractivity contribution < 1.29 is 13.3 Å². The number of anilines is 1. The molecule has 0 unspecified atom stereocenters. The highest BCUT2D eigenvalue weighted by Crippen LogP contribution is 2.28. The Hall–Kier alpha value is -1.67. The molecule has 0 aliphatic heterocycles. The molecular formula is C10H13N3O4S. The lowest BCUT2D eigenvalue weighted by Gasteiger charge is -2.10. The van der Waals surface area contributed by atoms with Gasteiger partial charge < -0.3 is 5.32 Å². The molecule has 2 rings (SSSR count). The summed E-state index contributed by atoms with van der Waals surface area (Å²) >= 11 is 0. The van der Waals surface area contributed by atoms with E-state index in [1.807, 2.05) is 0 Å². The monoisotopic (exact) mass is 271 g/mol. The number of nitrogens with zero attached hydrogens (tertiary/aromatic N) is 1. The van der Waals surface area contributed by atoms with Gasteiger partial charge in [-0.1, -0.05) is 0 Å². The van der Waals surface area contributed by atoms with Crippen LogP contribution in [-0.2, 0) is 10.0 Å². The molecule has 0 amide bonds. The molecule has 1 aromatic rings. The largest absolute Gasteiger partial charge is 0.387 e. The van der Waals surface area contributed by atoms with Crippen LogP contribution in [0.4, 0.5) is 11.4 Å². The number of nitrogens with one attached hydrogen (secondary N) is 2. The molecule has 0 saturated heterocycles. The summed E-state index contributed by atoms with van der Waals surface area (Å²) in [6.45, 7) is 0. The van der Waals surface area contributed by atoms with Crippen molar-refractivity contribution in [2.45, 2.75) is 23.8 Å². The predicted octanol–water partition coefficient (Wildman–Crippen LogP) is 1.08. The lowest BCUT2D eigenvalue weighted by atomic mass is 10.3. The highest BCUT2D eigenvalue weighted by molar-refractivity contribution is 7.89. The van der Waals surface area contributed by atoms with Crippen molar-refractivity contribution >= 4 is 21.4 Å². The van der Waals surface area contributed by atoms with E-state index in [1.54, 1.807) is 0 Å². The maximum Gasteiger partial charge on any atom is 0.271 e. The molecule has 18 heavy (non-hydrogen) atoms. The van der Waals surface area contributed by atoms with Gasteiger partial charge in [-0.15, -0.1) is 0 Å². The Labute approximate surface area is 104 Å². The van der Waals surface area contributed by atoms with Crippen LogP contribution in [0.3, 0.4) is 0 Å². The third-order valence-electron chi connectivity index (χ3n) is 2.63. The van der Waals surface area contributed by atoms with Crippen LogP contribution in [0.1, 0.15) is 12.8 Å². The van der Waals surface area contributed by atoms with Gasteiger partial charge >= 0.3 is 0 Å². The number of rotatable bonds is 5. The molecule has 1 saturated carbocycles. The molecule has 98 valence electrons. The van der Waals surface area contributed by atoms with Crippen molar-refractivity contribution in [1.82, 2.24) is 4.72 Å². The second kappa shape index (κ2) is 4.54. The van der Waals surface area contributed by atoms with E-state index in [0.29, 0.717) is 0 Å². The quantitative estimate of drug-likeness (QED) is 0.616. The van der Waals surface area contributed by atoms with Gasteiger partial charge in [-0.2, -0.15) is 0 Å². The zero-order valence-corrected chi connectivity index (χ0v) is 10.5. The summed E-state index contributed by atoms with van der Waals surface area (Å²) in [5.41, 5.74) is 0.0714. The summed E-state index contributed by atoms with van der Waals surface area (Å²) in [6, 6.07) is 3.63. The molecule has 7 nitrogen and oxygen atoms in total. The van der Waals surface area contributed by atoms with E-state index < -0.39 is 14.9 Å². The van der Waals surface area contributed by atoms with Crippen LogP contribution in [0.2, 0.25) is 0 Å². The minimum Gasteiger partial charge on any atom is -0.387 e. The number of non-ortho nitro benzene ring substituents is 1. The highest BCUT2D eigenvalue weighted by Gasteiger charge is 2.29. The fourth-order valence-electron chi connectivity index (χ4n) is 1.55. The molecule has 2 N–H and O–H groups in total. The summed E-state index contributed by atoms with van der Waals surface area (Å²) in [5, 5.41) is 13.3. The molecule has 0 aromatic heterocycles. The van der Waals surface area contributed by atoms with Crippen molar-refractivity contribution in [3.63, 3.8) is 0 Å². The van der Waals surface area contributed by atoms with Gasteiger partial charge in [-0.05, 0) is 18.9 Å². The first-order valence-corrected chi connectivity index (χ1v) is 6.91. The van der Waals surface area contributed by atoms with Crippen molar-refractivity contribution in [2.75, 3.05) is 12.4 Å². The normalized spacial score (nSPS) is 15.4. The fourth-order valence-corrected chi connectivity index (χ4v) is 3.04. The average Bonchev–Trinajstić information content (AvgIpc) is 3.11. The number of benzene rings is 1. The van der Waals surface area contributed by atoms with Gasteiger partial charge in [0, 0.05) is 25.2 Å². The van der Waals surface area contributed by atoms with Crippen LogP contribution >= 0.6 is 0 Å². The molecule has 0 radical (unpaired) electrons. The van der Waals surface area contributed by atoms with Crippen LogP contribution in [-0.4, -0.2) is 26.4 Å². The molecular weight excluding hydrogens is 258 g/mol. The number of nitro groups is 1. The van der Waals surface area contributed by atoms with Gasteiger partial charge in [-0.3, -0.25) is 10.1 Å². The van der Waals surface area contributed by atoms with Crippen LogP contribution < -0.4 is 10.0 Å². The maximum atomic E-state index is 12.0. The van der Waals surface area contributed by atoms with E-state index in [1.165, 1.54) is 25.2 Å². The lowest BCUT2D eigenvalue weighted by Crippen LogP contribution is -2.26. The summed E-state index contributed by atoms with van der Waals surface area (Å²) in [5.74, 6) is 0. The molecule has 0 atom stereocenters. The second-order valence-electron chi connectivity index (χ2n) is 4.08. The number of hydrogen-bond acceptors (Lipinski definition) is 5. The second-order valence-corrected chi connectivity index (χ2v) is 5.77. The van der Waals surface area contributed by atoms with Gasteiger partial charge in [0.1, 0.15) is 4.90 Å². The molecule has 1 aromatic carbocycles. The first kappa shape index (κ1) is 12.8. The van der Waals surface area contributed by atoms with E-state index >= 15 is 0 Å². The molecule has 0 bridgehead atoms. The Morgan fingerprint density at radius 1 is 1.39 bits per heavy atom. The molecule has 8 heteroatoms. The molecule has 1 aliphatic rings. The molecule has 0 heterocycles. The van der Waals surface area contributed by atoms with Crippen molar-refractivity contribution in [2.24, 2.45) is 0 Å². The summed E-state index contributed by atoms with van der Waals surface area (Å²) in [7, 11) is -2.09. The fraction of sp³-hybridized carbons (Fsp3) is 0.400. The van der Waals surface area contributed by atoms with Crippen LogP contribution in [0.5, 0.6) is 0 Å². The SMILES string of the molecule is CNc1cc([N+](=O)[O-])ccc1S(=O)(=O)NC1CC1. The lowest BCUT2D eigenvalue weighted by molar-refractivity contribution is -0.384. The molecule has 1 aliphatic carbocycles. The summed E-state index contributed by atoms with van der Waals surface area (Å²) < 4.78 is 26.6. The number of hydrogen-bond donors (Lipinski definition) is 2. The third kappa shape index (κ3) is 2.59.